The van der Waals surface area contributed by atoms with E-state index in [0.29, 0.717) is 18.8 Å². The van der Waals surface area contributed by atoms with Crippen molar-refractivity contribution in [2.75, 3.05) is 35.8 Å². The zero-order valence-corrected chi connectivity index (χ0v) is 15.6. The van der Waals surface area contributed by atoms with Gasteiger partial charge >= 0.3 is 0 Å². The molecule has 1 N–H and O–H groups in total. The Hall–Kier alpha value is -2.54. The highest BCUT2D eigenvalue weighted by atomic mass is 32.2. The number of amides is 1. The molecule has 0 spiro atoms. The second kappa shape index (κ2) is 7.78. The number of carbonyl (C=O) groups is 1. The lowest BCUT2D eigenvalue weighted by Gasteiger charge is -2.34. The van der Waals surface area contributed by atoms with E-state index >= 15 is 0 Å². The SMILES string of the molecule is CCc1ccc(S(=O)(=O)Nc2ccc(N3CCN(C=O)CC3)cc2)cc1. The molecule has 0 aromatic heterocycles. The van der Waals surface area contributed by atoms with Crippen molar-refractivity contribution >= 4 is 27.8 Å². The highest BCUT2D eigenvalue weighted by Gasteiger charge is 2.17. The molecule has 6 nitrogen and oxygen atoms in total. The van der Waals surface area contributed by atoms with Gasteiger partial charge in [0.1, 0.15) is 0 Å². The Morgan fingerprint density at radius 2 is 1.58 bits per heavy atom. The van der Waals surface area contributed by atoms with Gasteiger partial charge in [0, 0.05) is 37.6 Å². The number of nitrogens with one attached hydrogen (secondary N) is 1. The second-order valence-electron chi connectivity index (χ2n) is 6.28. The molecular formula is C19H23N3O3S. The van der Waals surface area contributed by atoms with E-state index in [1.807, 2.05) is 31.2 Å². The summed E-state index contributed by atoms with van der Waals surface area (Å²) < 4.78 is 27.6. The first-order chi connectivity index (χ1) is 12.5. The van der Waals surface area contributed by atoms with Crippen molar-refractivity contribution in [1.82, 2.24) is 4.90 Å². The van der Waals surface area contributed by atoms with E-state index in [2.05, 4.69) is 9.62 Å². The third kappa shape index (κ3) is 4.16. The maximum absolute atomic E-state index is 12.5. The monoisotopic (exact) mass is 373 g/mol. The lowest BCUT2D eigenvalue weighted by molar-refractivity contribution is -0.118. The number of nitrogens with zero attached hydrogens (tertiary/aromatic N) is 2. The first-order valence-corrected chi connectivity index (χ1v) is 10.2. The van der Waals surface area contributed by atoms with Gasteiger partial charge in [-0.05, 0) is 48.4 Å². The minimum atomic E-state index is -3.60. The standard InChI is InChI=1S/C19H23N3O3S/c1-2-16-3-9-19(10-4-16)26(24,25)20-17-5-7-18(8-6-17)22-13-11-21(15-23)12-14-22/h3-10,15,20H,2,11-14H2,1H3. The fourth-order valence-electron chi connectivity index (χ4n) is 2.94. The van der Waals surface area contributed by atoms with Crippen LogP contribution in [0.4, 0.5) is 11.4 Å². The van der Waals surface area contributed by atoms with E-state index in [-0.39, 0.29) is 4.90 Å². The Balaban J connectivity index is 1.67. The Labute approximate surface area is 154 Å². The van der Waals surface area contributed by atoms with Gasteiger partial charge in [0.15, 0.2) is 0 Å². The van der Waals surface area contributed by atoms with E-state index in [1.54, 1.807) is 29.2 Å². The largest absolute Gasteiger partial charge is 0.368 e. The lowest BCUT2D eigenvalue weighted by atomic mass is 10.2. The molecule has 1 aliphatic heterocycles. The number of sulfonamides is 1. The maximum atomic E-state index is 12.5. The maximum Gasteiger partial charge on any atom is 0.261 e. The molecular weight excluding hydrogens is 350 g/mol. The molecule has 0 aliphatic carbocycles. The predicted molar refractivity (Wildman–Crippen MR) is 103 cm³/mol. The molecule has 0 radical (unpaired) electrons. The molecule has 1 fully saturated rings. The van der Waals surface area contributed by atoms with Crippen LogP contribution in [-0.2, 0) is 21.2 Å². The summed E-state index contributed by atoms with van der Waals surface area (Å²) in [5.41, 5.74) is 2.65. The third-order valence-electron chi connectivity index (χ3n) is 4.59. The number of anilines is 2. The molecule has 26 heavy (non-hydrogen) atoms. The number of piperazine rings is 1. The molecule has 138 valence electrons. The van der Waals surface area contributed by atoms with Crippen LogP contribution in [0.2, 0.25) is 0 Å². The van der Waals surface area contributed by atoms with Crippen LogP contribution in [0.15, 0.2) is 53.4 Å². The van der Waals surface area contributed by atoms with Gasteiger partial charge in [-0.2, -0.15) is 0 Å². The smallest absolute Gasteiger partial charge is 0.261 e. The van der Waals surface area contributed by atoms with E-state index in [4.69, 9.17) is 0 Å². The Bertz CT molecular complexity index is 841. The van der Waals surface area contributed by atoms with Crippen molar-refractivity contribution in [2.24, 2.45) is 0 Å². The van der Waals surface area contributed by atoms with Crippen molar-refractivity contribution < 1.29 is 13.2 Å². The molecule has 2 aromatic rings. The quantitative estimate of drug-likeness (QED) is 0.789. The van der Waals surface area contributed by atoms with Gasteiger partial charge in [0.25, 0.3) is 10.0 Å². The number of hydrogen-bond acceptors (Lipinski definition) is 4. The first-order valence-electron chi connectivity index (χ1n) is 8.68. The van der Waals surface area contributed by atoms with Gasteiger partial charge in [-0.3, -0.25) is 9.52 Å². The van der Waals surface area contributed by atoms with Crippen molar-refractivity contribution in [3.05, 3.63) is 54.1 Å². The second-order valence-corrected chi connectivity index (χ2v) is 7.96. The number of hydrogen-bond donors (Lipinski definition) is 1. The molecule has 0 atom stereocenters. The van der Waals surface area contributed by atoms with Crippen LogP contribution in [0.5, 0.6) is 0 Å². The summed E-state index contributed by atoms with van der Waals surface area (Å²) in [7, 11) is -3.60. The molecule has 7 heteroatoms. The summed E-state index contributed by atoms with van der Waals surface area (Å²) in [5.74, 6) is 0. The van der Waals surface area contributed by atoms with E-state index in [9.17, 15) is 13.2 Å². The number of rotatable bonds is 6. The Morgan fingerprint density at radius 3 is 2.12 bits per heavy atom. The molecule has 0 unspecified atom stereocenters. The Morgan fingerprint density at radius 1 is 0.962 bits per heavy atom. The average Bonchev–Trinajstić information content (AvgIpc) is 2.68. The van der Waals surface area contributed by atoms with Gasteiger partial charge in [-0.15, -0.1) is 0 Å². The minimum absolute atomic E-state index is 0.253. The van der Waals surface area contributed by atoms with Crippen molar-refractivity contribution in [1.29, 1.82) is 0 Å². The molecule has 1 aliphatic rings. The van der Waals surface area contributed by atoms with Gasteiger partial charge in [0.2, 0.25) is 6.41 Å². The molecule has 1 heterocycles. The van der Waals surface area contributed by atoms with E-state index < -0.39 is 10.0 Å². The van der Waals surface area contributed by atoms with E-state index in [0.717, 1.165) is 37.2 Å². The normalized spacial score (nSPS) is 15.0. The van der Waals surface area contributed by atoms with Crippen LogP contribution in [-0.4, -0.2) is 45.9 Å². The molecule has 2 aromatic carbocycles. The van der Waals surface area contributed by atoms with Crippen LogP contribution >= 0.6 is 0 Å². The van der Waals surface area contributed by atoms with Gasteiger partial charge in [-0.1, -0.05) is 19.1 Å². The van der Waals surface area contributed by atoms with E-state index in [1.165, 1.54) is 0 Å². The summed E-state index contributed by atoms with van der Waals surface area (Å²) in [6.45, 7) is 4.97. The van der Waals surface area contributed by atoms with Crippen molar-refractivity contribution in [3.8, 4) is 0 Å². The van der Waals surface area contributed by atoms with Gasteiger partial charge < -0.3 is 9.80 Å². The lowest BCUT2D eigenvalue weighted by Crippen LogP contribution is -2.45. The molecule has 1 saturated heterocycles. The highest BCUT2D eigenvalue weighted by molar-refractivity contribution is 7.92. The third-order valence-corrected chi connectivity index (χ3v) is 5.99. The molecule has 1 amide bonds. The Kier molecular flexibility index (Phi) is 5.46. The number of aryl methyl sites for hydroxylation is 1. The van der Waals surface area contributed by atoms with Gasteiger partial charge in [-0.25, -0.2) is 8.42 Å². The number of benzene rings is 2. The molecule has 0 saturated carbocycles. The zero-order valence-electron chi connectivity index (χ0n) is 14.8. The van der Waals surface area contributed by atoms with Crippen molar-refractivity contribution in [3.63, 3.8) is 0 Å². The zero-order chi connectivity index (χ0) is 18.6. The molecule has 0 bridgehead atoms. The number of carbonyl (C=O) groups excluding carboxylic acids is 1. The summed E-state index contributed by atoms with van der Waals surface area (Å²) in [6, 6.07) is 14.2. The minimum Gasteiger partial charge on any atom is -0.368 e. The predicted octanol–water partition coefficient (Wildman–Crippen LogP) is 2.33. The highest BCUT2D eigenvalue weighted by Crippen LogP contribution is 2.22. The topological polar surface area (TPSA) is 69.7 Å². The van der Waals surface area contributed by atoms with Crippen LogP contribution < -0.4 is 9.62 Å². The summed E-state index contributed by atoms with van der Waals surface area (Å²) in [4.78, 5) is 15.0. The van der Waals surface area contributed by atoms with Crippen LogP contribution in [0, 0.1) is 0 Å². The first kappa shape index (κ1) is 18.3. The van der Waals surface area contributed by atoms with Crippen LogP contribution in [0.1, 0.15) is 12.5 Å². The fraction of sp³-hybridized carbons (Fsp3) is 0.316. The fourth-order valence-corrected chi connectivity index (χ4v) is 4.00. The van der Waals surface area contributed by atoms with Crippen molar-refractivity contribution in [2.45, 2.75) is 18.2 Å². The summed E-state index contributed by atoms with van der Waals surface area (Å²) in [6.07, 6.45) is 1.75. The van der Waals surface area contributed by atoms with Crippen LogP contribution in [0.25, 0.3) is 0 Å². The van der Waals surface area contributed by atoms with Gasteiger partial charge in [0.05, 0.1) is 4.90 Å². The van der Waals surface area contributed by atoms with Crippen LogP contribution in [0.3, 0.4) is 0 Å². The molecule has 3 rings (SSSR count). The average molecular weight is 373 g/mol. The summed E-state index contributed by atoms with van der Waals surface area (Å²) >= 11 is 0. The summed E-state index contributed by atoms with van der Waals surface area (Å²) in [5, 5.41) is 0.